The molecule has 0 bridgehead atoms. The highest BCUT2D eigenvalue weighted by atomic mass is 35.5. The lowest BCUT2D eigenvalue weighted by atomic mass is 10.2. The number of nitrogens with one attached hydrogen (secondary N) is 3. The molecule has 0 saturated heterocycles. The summed E-state index contributed by atoms with van der Waals surface area (Å²) in [7, 11) is 0. The second-order valence-electron chi connectivity index (χ2n) is 4.06. The highest BCUT2D eigenvalue weighted by molar-refractivity contribution is 6.41. The van der Waals surface area contributed by atoms with Crippen molar-refractivity contribution in [2.45, 2.75) is 6.92 Å². The minimum atomic E-state index is -0.376. The van der Waals surface area contributed by atoms with E-state index in [1.54, 1.807) is 24.3 Å². The maximum atomic E-state index is 12.0. The average Bonchev–Trinajstić information content (AvgIpc) is 2.69. The van der Waals surface area contributed by atoms with Gasteiger partial charge in [-0.1, -0.05) is 29.3 Å². The molecule has 20 heavy (non-hydrogen) atoms. The molecule has 1 aromatic carbocycles. The topological polar surface area (TPSA) is 74.0 Å². The summed E-state index contributed by atoms with van der Waals surface area (Å²) in [5.74, 6) is -0.560. The van der Waals surface area contributed by atoms with E-state index < -0.39 is 0 Å². The van der Waals surface area contributed by atoms with E-state index in [2.05, 4.69) is 15.6 Å². The molecule has 5 nitrogen and oxygen atoms in total. The molecular weight excluding hydrogens is 301 g/mol. The molecule has 0 unspecified atom stereocenters. The van der Waals surface area contributed by atoms with Crippen LogP contribution in [0.25, 0.3) is 0 Å². The van der Waals surface area contributed by atoms with Crippen LogP contribution in [0.1, 0.15) is 17.4 Å². The Kier molecular flexibility index (Phi) is 4.32. The monoisotopic (exact) mass is 311 g/mol. The Balaban J connectivity index is 2.13. The maximum absolute atomic E-state index is 12.0. The number of aromatic nitrogens is 1. The van der Waals surface area contributed by atoms with E-state index >= 15 is 0 Å². The predicted molar refractivity (Wildman–Crippen MR) is 79.5 cm³/mol. The highest BCUT2D eigenvalue weighted by Crippen LogP contribution is 2.23. The number of carbonyl (C=O) groups excluding carboxylic acids is 2. The summed E-state index contributed by atoms with van der Waals surface area (Å²) in [5, 5.41) is 5.80. The summed E-state index contributed by atoms with van der Waals surface area (Å²) in [4.78, 5) is 25.6. The van der Waals surface area contributed by atoms with Crippen LogP contribution >= 0.6 is 23.2 Å². The molecule has 0 aliphatic heterocycles. The lowest BCUT2D eigenvalue weighted by Gasteiger charge is -2.07. The van der Waals surface area contributed by atoms with Crippen LogP contribution in [0.15, 0.2) is 30.3 Å². The molecule has 3 N–H and O–H groups in total. The molecule has 7 heteroatoms. The van der Waals surface area contributed by atoms with Gasteiger partial charge in [0.05, 0.1) is 5.02 Å². The molecule has 0 atom stereocenters. The quantitative estimate of drug-likeness (QED) is 0.811. The Labute approximate surface area is 125 Å². The third kappa shape index (κ3) is 3.53. The molecule has 1 heterocycles. The van der Waals surface area contributed by atoms with Gasteiger partial charge in [0.2, 0.25) is 5.91 Å². The standard InChI is InChI=1S/C13H11Cl2N3O2/c1-7(19)16-8-3-2-4-9(5-8)17-13(20)11-6-10(14)12(15)18-11/h2-6,18H,1H3,(H,16,19)(H,17,20). The zero-order chi connectivity index (χ0) is 14.7. The average molecular weight is 312 g/mol. The van der Waals surface area contributed by atoms with E-state index in [9.17, 15) is 9.59 Å². The van der Waals surface area contributed by atoms with E-state index in [-0.39, 0.29) is 27.7 Å². The molecule has 0 fully saturated rings. The van der Waals surface area contributed by atoms with E-state index in [0.29, 0.717) is 11.4 Å². The van der Waals surface area contributed by atoms with E-state index in [4.69, 9.17) is 23.2 Å². The number of H-pyrrole nitrogens is 1. The van der Waals surface area contributed by atoms with Gasteiger partial charge in [-0.05, 0) is 24.3 Å². The Morgan fingerprint density at radius 3 is 2.30 bits per heavy atom. The first kappa shape index (κ1) is 14.4. The molecule has 104 valence electrons. The summed E-state index contributed by atoms with van der Waals surface area (Å²) < 4.78 is 0. The first-order chi connectivity index (χ1) is 9.45. The van der Waals surface area contributed by atoms with Crippen molar-refractivity contribution >= 4 is 46.4 Å². The second kappa shape index (κ2) is 5.98. The number of halogens is 2. The Bertz CT molecular complexity index is 648. The smallest absolute Gasteiger partial charge is 0.272 e. The number of hydrogen-bond donors (Lipinski definition) is 3. The fourth-order valence-corrected chi connectivity index (χ4v) is 1.92. The van der Waals surface area contributed by atoms with Gasteiger partial charge in [0, 0.05) is 18.3 Å². The van der Waals surface area contributed by atoms with Crippen molar-refractivity contribution in [1.82, 2.24) is 4.98 Å². The van der Waals surface area contributed by atoms with Crippen LogP contribution in [-0.4, -0.2) is 16.8 Å². The molecule has 2 aromatic rings. The van der Waals surface area contributed by atoms with Crippen LogP contribution in [0.3, 0.4) is 0 Å². The van der Waals surface area contributed by atoms with Gasteiger partial charge in [-0.15, -0.1) is 0 Å². The molecule has 0 aliphatic carbocycles. The van der Waals surface area contributed by atoms with Crippen LogP contribution in [0.2, 0.25) is 10.2 Å². The van der Waals surface area contributed by atoms with Gasteiger partial charge in [-0.2, -0.15) is 0 Å². The van der Waals surface area contributed by atoms with Crippen LogP contribution in [0.4, 0.5) is 11.4 Å². The summed E-state index contributed by atoms with van der Waals surface area (Å²) in [6, 6.07) is 8.23. The zero-order valence-electron chi connectivity index (χ0n) is 10.5. The number of rotatable bonds is 3. The first-order valence-electron chi connectivity index (χ1n) is 5.68. The third-order valence-electron chi connectivity index (χ3n) is 2.41. The number of hydrogen-bond acceptors (Lipinski definition) is 2. The molecule has 0 aliphatic rings. The molecule has 2 rings (SSSR count). The minimum Gasteiger partial charge on any atom is -0.340 e. The van der Waals surface area contributed by atoms with Gasteiger partial charge in [0.15, 0.2) is 0 Å². The molecule has 0 spiro atoms. The van der Waals surface area contributed by atoms with Crippen LogP contribution in [0, 0.1) is 0 Å². The van der Waals surface area contributed by atoms with Crippen molar-refractivity contribution in [2.75, 3.05) is 10.6 Å². The zero-order valence-corrected chi connectivity index (χ0v) is 12.0. The van der Waals surface area contributed by atoms with Crippen molar-refractivity contribution in [3.05, 3.63) is 46.2 Å². The predicted octanol–water partition coefficient (Wildman–Crippen LogP) is 3.53. The third-order valence-corrected chi connectivity index (χ3v) is 3.10. The number of benzene rings is 1. The van der Waals surface area contributed by atoms with E-state index in [1.807, 2.05) is 0 Å². The molecule has 0 radical (unpaired) electrons. The fourth-order valence-electron chi connectivity index (χ4n) is 1.60. The van der Waals surface area contributed by atoms with Crippen LogP contribution < -0.4 is 10.6 Å². The van der Waals surface area contributed by atoms with Gasteiger partial charge in [0.1, 0.15) is 10.8 Å². The van der Waals surface area contributed by atoms with Crippen LogP contribution in [-0.2, 0) is 4.79 Å². The Morgan fingerprint density at radius 2 is 1.75 bits per heavy atom. The fraction of sp³-hybridized carbons (Fsp3) is 0.0769. The maximum Gasteiger partial charge on any atom is 0.272 e. The number of carbonyl (C=O) groups is 2. The van der Waals surface area contributed by atoms with Gasteiger partial charge in [-0.3, -0.25) is 9.59 Å². The lowest BCUT2D eigenvalue weighted by Crippen LogP contribution is -2.13. The largest absolute Gasteiger partial charge is 0.340 e. The van der Waals surface area contributed by atoms with Crippen molar-refractivity contribution < 1.29 is 9.59 Å². The number of anilines is 2. The Morgan fingerprint density at radius 1 is 1.10 bits per heavy atom. The lowest BCUT2D eigenvalue weighted by molar-refractivity contribution is -0.114. The van der Waals surface area contributed by atoms with E-state index in [1.165, 1.54) is 13.0 Å². The number of amides is 2. The first-order valence-corrected chi connectivity index (χ1v) is 6.44. The molecule has 2 amide bonds. The van der Waals surface area contributed by atoms with Crippen molar-refractivity contribution in [3.8, 4) is 0 Å². The molecular formula is C13H11Cl2N3O2. The highest BCUT2D eigenvalue weighted by Gasteiger charge is 2.12. The summed E-state index contributed by atoms with van der Waals surface area (Å²) in [6.07, 6.45) is 0. The normalized spacial score (nSPS) is 10.2. The van der Waals surface area contributed by atoms with Gasteiger partial charge >= 0.3 is 0 Å². The van der Waals surface area contributed by atoms with Crippen molar-refractivity contribution in [2.24, 2.45) is 0 Å². The SMILES string of the molecule is CC(=O)Nc1cccc(NC(=O)c2cc(Cl)c(Cl)[nH]2)c1. The van der Waals surface area contributed by atoms with Gasteiger partial charge in [0.25, 0.3) is 5.91 Å². The van der Waals surface area contributed by atoms with Crippen molar-refractivity contribution in [1.29, 1.82) is 0 Å². The minimum absolute atomic E-state index is 0.184. The van der Waals surface area contributed by atoms with E-state index in [0.717, 1.165) is 0 Å². The van der Waals surface area contributed by atoms with Crippen LogP contribution in [0.5, 0.6) is 0 Å². The van der Waals surface area contributed by atoms with Crippen molar-refractivity contribution in [3.63, 3.8) is 0 Å². The summed E-state index contributed by atoms with van der Waals surface area (Å²) >= 11 is 11.5. The van der Waals surface area contributed by atoms with Gasteiger partial charge in [-0.25, -0.2) is 0 Å². The molecule has 1 aromatic heterocycles. The van der Waals surface area contributed by atoms with Gasteiger partial charge < -0.3 is 15.6 Å². The summed E-state index contributed by atoms with van der Waals surface area (Å²) in [5.41, 5.74) is 1.39. The molecule has 0 saturated carbocycles. The Hall–Kier alpha value is -1.98. The summed E-state index contributed by atoms with van der Waals surface area (Å²) in [6.45, 7) is 1.41. The number of aromatic amines is 1. The second-order valence-corrected chi connectivity index (χ2v) is 4.85.